The first-order valence-electron chi connectivity index (χ1n) is 10.2. The molecule has 0 atom stereocenters. The van der Waals surface area contributed by atoms with Crippen LogP contribution in [0.1, 0.15) is 30.4 Å². The number of hydrogen-bond donors (Lipinski definition) is 1. The van der Waals surface area contributed by atoms with Gasteiger partial charge in [-0.15, -0.1) is 5.10 Å². The van der Waals surface area contributed by atoms with E-state index in [-0.39, 0.29) is 0 Å². The van der Waals surface area contributed by atoms with Crippen LogP contribution in [0.4, 0.5) is 5.69 Å². The van der Waals surface area contributed by atoms with Gasteiger partial charge in [0.2, 0.25) is 5.88 Å². The van der Waals surface area contributed by atoms with Gasteiger partial charge in [-0.1, -0.05) is 6.07 Å². The Labute approximate surface area is 176 Å². The first-order valence-corrected chi connectivity index (χ1v) is 10.2. The summed E-state index contributed by atoms with van der Waals surface area (Å²) in [6, 6.07) is 13.3. The predicted octanol–water partition coefficient (Wildman–Crippen LogP) is 3.69. The van der Waals surface area contributed by atoms with Crippen molar-refractivity contribution in [3.63, 3.8) is 0 Å². The summed E-state index contributed by atoms with van der Waals surface area (Å²) in [6.45, 7) is 2.61. The van der Waals surface area contributed by atoms with E-state index in [1.165, 1.54) is 19.3 Å². The van der Waals surface area contributed by atoms with Crippen LogP contribution >= 0.6 is 0 Å². The number of nitrogens with zero attached hydrogens (tertiary/aromatic N) is 5. The van der Waals surface area contributed by atoms with Gasteiger partial charge in [0.15, 0.2) is 0 Å². The summed E-state index contributed by atoms with van der Waals surface area (Å²) in [4.78, 5) is 6.85. The predicted molar refractivity (Wildman–Crippen MR) is 115 cm³/mol. The summed E-state index contributed by atoms with van der Waals surface area (Å²) in [6.07, 6.45) is 7.99. The van der Waals surface area contributed by atoms with E-state index in [4.69, 9.17) is 10.5 Å². The average Bonchev–Trinajstić information content (AvgIpc) is 2.81. The van der Waals surface area contributed by atoms with Crippen molar-refractivity contribution in [3.05, 3.63) is 59.9 Å². The summed E-state index contributed by atoms with van der Waals surface area (Å²) in [5.41, 5.74) is 9.76. The first kappa shape index (κ1) is 19.8. The Morgan fingerprint density at radius 3 is 2.67 bits per heavy atom. The van der Waals surface area contributed by atoms with E-state index in [0.29, 0.717) is 23.7 Å². The monoisotopic (exact) mass is 400 g/mol. The second-order valence-corrected chi connectivity index (χ2v) is 7.31. The lowest BCUT2D eigenvalue weighted by Crippen LogP contribution is -2.29. The molecule has 0 saturated carbocycles. The zero-order chi connectivity index (χ0) is 20.8. The highest BCUT2D eigenvalue weighted by atomic mass is 16.5. The van der Waals surface area contributed by atoms with E-state index in [9.17, 15) is 5.26 Å². The van der Waals surface area contributed by atoms with Crippen LogP contribution in [-0.2, 0) is 6.42 Å². The van der Waals surface area contributed by atoms with Crippen LogP contribution < -0.4 is 15.4 Å². The Morgan fingerprint density at radius 2 is 1.93 bits per heavy atom. The van der Waals surface area contributed by atoms with Crippen LogP contribution in [-0.4, -0.2) is 34.8 Å². The fourth-order valence-electron chi connectivity index (χ4n) is 3.61. The van der Waals surface area contributed by atoms with Gasteiger partial charge in [0.05, 0.1) is 29.2 Å². The number of ether oxygens (including phenoxy) is 1. The fourth-order valence-corrected chi connectivity index (χ4v) is 3.61. The van der Waals surface area contributed by atoms with Gasteiger partial charge in [0.1, 0.15) is 5.75 Å². The SMILES string of the molecule is N#Cc1ccc(-c2ccc(CCN)cn2)c(Oc2cc(N3CCCCC3)cnn2)c1. The van der Waals surface area contributed by atoms with Crippen LogP contribution in [0.25, 0.3) is 11.3 Å². The summed E-state index contributed by atoms with van der Waals surface area (Å²) in [5, 5.41) is 17.6. The van der Waals surface area contributed by atoms with Crippen molar-refractivity contribution >= 4 is 5.69 Å². The van der Waals surface area contributed by atoms with Crippen molar-refractivity contribution in [1.29, 1.82) is 5.26 Å². The Balaban J connectivity index is 1.64. The third kappa shape index (κ3) is 4.56. The molecule has 2 aromatic heterocycles. The van der Waals surface area contributed by atoms with E-state index >= 15 is 0 Å². The summed E-state index contributed by atoms with van der Waals surface area (Å²) in [5.74, 6) is 0.924. The van der Waals surface area contributed by atoms with Gasteiger partial charge in [-0.05, 0) is 62.1 Å². The van der Waals surface area contributed by atoms with Crippen LogP contribution in [0.2, 0.25) is 0 Å². The largest absolute Gasteiger partial charge is 0.437 e. The quantitative estimate of drug-likeness (QED) is 0.673. The van der Waals surface area contributed by atoms with Crippen molar-refractivity contribution in [1.82, 2.24) is 15.2 Å². The highest BCUT2D eigenvalue weighted by Gasteiger charge is 2.15. The second-order valence-electron chi connectivity index (χ2n) is 7.31. The first-order chi connectivity index (χ1) is 14.8. The molecule has 0 aliphatic carbocycles. The Morgan fingerprint density at radius 1 is 1.07 bits per heavy atom. The maximum Gasteiger partial charge on any atom is 0.240 e. The lowest BCUT2D eigenvalue weighted by Gasteiger charge is -2.28. The number of anilines is 1. The Hall–Kier alpha value is -3.50. The van der Waals surface area contributed by atoms with Gasteiger partial charge in [-0.3, -0.25) is 4.98 Å². The highest BCUT2D eigenvalue weighted by molar-refractivity contribution is 5.69. The maximum atomic E-state index is 9.33. The lowest BCUT2D eigenvalue weighted by atomic mass is 10.1. The maximum absolute atomic E-state index is 9.33. The van der Waals surface area contributed by atoms with Gasteiger partial charge in [-0.2, -0.15) is 10.4 Å². The molecule has 0 spiro atoms. The third-order valence-electron chi connectivity index (χ3n) is 5.20. The lowest BCUT2D eigenvalue weighted by molar-refractivity contribution is 0.455. The molecule has 4 rings (SSSR count). The number of rotatable bonds is 6. The van der Waals surface area contributed by atoms with Gasteiger partial charge < -0.3 is 15.4 Å². The number of aromatic nitrogens is 3. The zero-order valence-electron chi connectivity index (χ0n) is 16.8. The van der Waals surface area contributed by atoms with E-state index in [0.717, 1.165) is 42.0 Å². The minimum absolute atomic E-state index is 0.397. The summed E-state index contributed by atoms with van der Waals surface area (Å²) >= 11 is 0. The smallest absolute Gasteiger partial charge is 0.240 e. The molecule has 7 nitrogen and oxygen atoms in total. The molecule has 0 amide bonds. The standard InChI is InChI=1S/C23H24N6O/c24-9-8-17-5-7-21(26-15-17)20-6-4-18(14-25)12-22(20)30-23-13-19(16-27-28-23)29-10-2-1-3-11-29/h4-7,12-13,15-16H,1-3,8-11,24H2. The van der Waals surface area contributed by atoms with Gasteiger partial charge in [0.25, 0.3) is 0 Å². The molecule has 2 N–H and O–H groups in total. The van der Waals surface area contributed by atoms with Crippen LogP contribution in [0.5, 0.6) is 11.6 Å². The minimum atomic E-state index is 0.397. The minimum Gasteiger partial charge on any atom is -0.437 e. The summed E-state index contributed by atoms with van der Waals surface area (Å²) in [7, 11) is 0. The third-order valence-corrected chi connectivity index (χ3v) is 5.20. The van der Waals surface area contributed by atoms with Crippen LogP contribution in [0, 0.1) is 11.3 Å². The van der Waals surface area contributed by atoms with Gasteiger partial charge >= 0.3 is 0 Å². The van der Waals surface area contributed by atoms with Crippen LogP contribution in [0.15, 0.2) is 48.8 Å². The van der Waals surface area contributed by atoms with E-state index in [1.54, 1.807) is 18.3 Å². The van der Waals surface area contributed by atoms with Gasteiger partial charge in [-0.25, -0.2) is 0 Å². The number of pyridine rings is 1. The topological polar surface area (TPSA) is 101 Å². The van der Waals surface area contributed by atoms with E-state index < -0.39 is 0 Å². The molecule has 7 heteroatoms. The number of nitriles is 1. The fraction of sp³-hybridized carbons (Fsp3) is 0.304. The number of piperidine rings is 1. The molecule has 1 aliphatic rings. The zero-order valence-corrected chi connectivity index (χ0v) is 16.8. The second kappa shape index (κ2) is 9.33. The normalized spacial score (nSPS) is 13.7. The molecule has 1 aromatic carbocycles. The molecule has 30 heavy (non-hydrogen) atoms. The van der Waals surface area contributed by atoms with Crippen LogP contribution in [0.3, 0.4) is 0 Å². The molecule has 1 saturated heterocycles. The molecule has 1 aliphatic heterocycles. The summed E-state index contributed by atoms with van der Waals surface area (Å²) < 4.78 is 6.10. The van der Waals surface area contributed by atoms with Gasteiger partial charge in [0, 0.05) is 30.9 Å². The molecule has 0 bridgehead atoms. The highest BCUT2D eigenvalue weighted by Crippen LogP contribution is 2.33. The molecule has 1 fully saturated rings. The number of nitrogens with two attached hydrogens (primary N) is 1. The Kier molecular flexibility index (Phi) is 6.16. The molecule has 3 heterocycles. The average molecular weight is 400 g/mol. The van der Waals surface area contributed by atoms with Crippen molar-refractivity contribution < 1.29 is 4.74 Å². The molecular formula is C23H24N6O. The van der Waals surface area contributed by atoms with Crippen molar-refractivity contribution in [2.24, 2.45) is 5.73 Å². The van der Waals surface area contributed by atoms with E-state index in [2.05, 4.69) is 26.2 Å². The molecule has 0 radical (unpaired) electrons. The number of benzene rings is 1. The molecule has 152 valence electrons. The molecule has 3 aromatic rings. The van der Waals surface area contributed by atoms with Crippen molar-refractivity contribution in [2.45, 2.75) is 25.7 Å². The molecular weight excluding hydrogens is 376 g/mol. The Bertz CT molecular complexity index is 1040. The van der Waals surface area contributed by atoms with E-state index in [1.807, 2.05) is 30.5 Å². The number of hydrogen-bond acceptors (Lipinski definition) is 7. The van der Waals surface area contributed by atoms with Crippen molar-refractivity contribution in [2.75, 3.05) is 24.5 Å². The molecule has 0 unspecified atom stereocenters. The van der Waals surface area contributed by atoms with Crippen molar-refractivity contribution in [3.8, 4) is 29.0 Å².